The summed E-state index contributed by atoms with van der Waals surface area (Å²) in [5.41, 5.74) is 1.03. The molecular formula is C19H22N2O3S. The van der Waals surface area contributed by atoms with E-state index in [0.717, 1.165) is 25.9 Å². The van der Waals surface area contributed by atoms with Gasteiger partial charge in [-0.25, -0.2) is 8.42 Å². The van der Waals surface area contributed by atoms with Crippen LogP contribution in [0.1, 0.15) is 30.1 Å². The summed E-state index contributed by atoms with van der Waals surface area (Å²) < 4.78 is 27.4. The van der Waals surface area contributed by atoms with Gasteiger partial charge in [0.2, 0.25) is 0 Å². The Morgan fingerprint density at radius 3 is 2.40 bits per heavy atom. The fraction of sp³-hybridized carbons (Fsp3) is 0.316. The first-order chi connectivity index (χ1) is 12.0. The number of para-hydroxylation sites is 1. The molecule has 0 aromatic heterocycles. The average Bonchev–Trinajstić information content (AvgIpc) is 2.62. The maximum absolute atomic E-state index is 12.6. The smallest absolute Gasteiger partial charge is 0.261 e. The Balaban J connectivity index is 1.74. The first-order valence-corrected chi connectivity index (χ1v) is 9.91. The Morgan fingerprint density at radius 2 is 1.76 bits per heavy atom. The Kier molecular flexibility index (Phi) is 5.08. The zero-order valence-electron chi connectivity index (χ0n) is 14.2. The van der Waals surface area contributed by atoms with E-state index in [4.69, 9.17) is 0 Å². The molecule has 132 valence electrons. The summed E-state index contributed by atoms with van der Waals surface area (Å²) in [5, 5.41) is 0. The second kappa shape index (κ2) is 7.27. The molecule has 6 heteroatoms. The molecule has 1 saturated heterocycles. The molecule has 1 aliphatic heterocycles. The van der Waals surface area contributed by atoms with Crippen molar-refractivity contribution in [2.45, 2.75) is 24.7 Å². The summed E-state index contributed by atoms with van der Waals surface area (Å²) in [6.07, 6.45) is 2.16. The molecule has 0 spiro atoms. The number of likely N-dealkylation sites (tertiary alicyclic amines) is 1. The van der Waals surface area contributed by atoms with E-state index < -0.39 is 10.0 Å². The molecule has 5 nitrogen and oxygen atoms in total. The number of hydrogen-bond acceptors (Lipinski definition) is 3. The van der Waals surface area contributed by atoms with Crippen LogP contribution in [-0.2, 0) is 10.0 Å². The highest BCUT2D eigenvalue weighted by Gasteiger charge is 2.22. The zero-order chi connectivity index (χ0) is 17.9. The van der Waals surface area contributed by atoms with Gasteiger partial charge in [0.15, 0.2) is 0 Å². The van der Waals surface area contributed by atoms with E-state index in [1.165, 1.54) is 12.1 Å². The summed E-state index contributed by atoms with van der Waals surface area (Å²) in [6.45, 7) is 3.66. The predicted octanol–water partition coefficient (Wildman–Crippen LogP) is 3.36. The minimum atomic E-state index is -3.66. The molecule has 1 N–H and O–H groups in total. The lowest BCUT2D eigenvalue weighted by Crippen LogP contribution is -2.39. The summed E-state index contributed by atoms with van der Waals surface area (Å²) >= 11 is 0. The molecule has 1 heterocycles. The van der Waals surface area contributed by atoms with Gasteiger partial charge in [-0.15, -0.1) is 0 Å². The number of sulfonamides is 1. The Labute approximate surface area is 148 Å². The molecule has 0 radical (unpaired) electrons. The second-order valence-corrected chi connectivity index (χ2v) is 8.18. The number of carbonyl (C=O) groups is 1. The van der Waals surface area contributed by atoms with Crippen LogP contribution in [0.15, 0.2) is 59.5 Å². The zero-order valence-corrected chi connectivity index (χ0v) is 15.0. The first kappa shape index (κ1) is 17.5. The van der Waals surface area contributed by atoms with Crippen molar-refractivity contribution in [3.63, 3.8) is 0 Å². The summed E-state index contributed by atoms with van der Waals surface area (Å²) in [7, 11) is -3.66. The number of rotatable bonds is 4. The van der Waals surface area contributed by atoms with E-state index >= 15 is 0 Å². The highest BCUT2D eigenvalue weighted by atomic mass is 32.2. The molecule has 3 rings (SSSR count). The lowest BCUT2D eigenvalue weighted by Gasteiger charge is -2.31. The summed E-state index contributed by atoms with van der Waals surface area (Å²) in [6, 6.07) is 14.8. The topological polar surface area (TPSA) is 66.5 Å². The SMILES string of the molecule is CC1CCCN(C(=O)c2ccc(S(=O)(=O)Nc3ccccc3)cc2)C1. The van der Waals surface area contributed by atoms with Crippen LogP contribution in [0.25, 0.3) is 0 Å². The number of hydrogen-bond donors (Lipinski definition) is 1. The van der Waals surface area contributed by atoms with Crippen molar-refractivity contribution in [1.29, 1.82) is 0 Å². The molecule has 1 unspecified atom stereocenters. The molecule has 2 aromatic rings. The van der Waals surface area contributed by atoms with Crippen molar-refractivity contribution in [3.05, 3.63) is 60.2 Å². The van der Waals surface area contributed by atoms with Crippen LogP contribution in [0.4, 0.5) is 5.69 Å². The van der Waals surface area contributed by atoms with E-state index in [2.05, 4.69) is 11.6 Å². The average molecular weight is 358 g/mol. The standard InChI is InChI=1S/C19H22N2O3S/c1-15-6-5-13-21(14-15)19(22)16-9-11-18(12-10-16)25(23,24)20-17-7-3-2-4-8-17/h2-4,7-12,15,20H,5-6,13-14H2,1H3. The van der Waals surface area contributed by atoms with Crippen LogP contribution in [0.3, 0.4) is 0 Å². The number of piperidine rings is 1. The molecule has 1 aliphatic rings. The van der Waals surface area contributed by atoms with Crippen LogP contribution in [-0.4, -0.2) is 32.3 Å². The van der Waals surface area contributed by atoms with Gasteiger partial charge in [0.25, 0.3) is 15.9 Å². The molecule has 2 aromatic carbocycles. The van der Waals surface area contributed by atoms with Gasteiger partial charge in [0, 0.05) is 24.3 Å². The number of nitrogens with one attached hydrogen (secondary N) is 1. The maximum Gasteiger partial charge on any atom is 0.261 e. The van der Waals surface area contributed by atoms with Crippen LogP contribution in [0, 0.1) is 5.92 Å². The van der Waals surface area contributed by atoms with Crippen molar-refractivity contribution in [1.82, 2.24) is 4.90 Å². The fourth-order valence-corrected chi connectivity index (χ4v) is 4.11. The van der Waals surface area contributed by atoms with Gasteiger partial charge in [-0.1, -0.05) is 25.1 Å². The monoisotopic (exact) mass is 358 g/mol. The van der Waals surface area contributed by atoms with Crippen molar-refractivity contribution < 1.29 is 13.2 Å². The number of amides is 1. The molecule has 1 fully saturated rings. The molecule has 1 atom stereocenters. The normalized spacial score (nSPS) is 18.0. The van der Waals surface area contributed by atoms with Crippen LogP contribution in [0.2, 0.25) is 0 Å². The van der Waals surface area contributed by atoms with E-state index in [0.29, 0.717) is 17.2 Å². The van der Waals surface area contributed by atoms with E-state index in [-0.39, 0.29) is 10.8 Å². The third-order valence-electron chi connectivity index (χ3n) is 4.38. The highest BCUT2D eigenvalue weighted by Crippen LogP contribution is 2.20. The van der Waals surface area contributed by atoms with Crippen LogP contribution < -0.4 is 4.72 Å². The third-order valence-corrected chi connectivity index (χ3v) is 5.78. The minimum absolute atomic E-state index is 0.0356. The van der Waals surface area contributed by atoms with Crippen molar-refractivity contribution in [2.75, 3.05) is 17.8 Å². The van der Waals surface area contributed by atoms with Crippen LogP contribution in [0.5, 0.6) is 0 Å². The number of carbonyl (C=O) groups excluding carboxylic acids is 1. The minimum Gasteiger partial charge on any atom is -0.338 e. The van der Waals surface area contributed by atoms with Gasteiger partial charge < -0.3 is 4.90 Å². The largest absolute Gasteiger partial charge is 0.338 e. The predicted molar refractivity (Wildman–Crippen MR) is 98.0 cm³/mol. The van der Waals surface area contributed by atoms with Crippen LogP contribution >= 0.6 is 0 Å². The number of nitrogens with zero attached hydrogens (tertiary/aromatic N) is 1. The van der Waals surface area contributed by atoms with E-state index in [1.807, 2.05) is 11.0 Å². The van der Waals surface area contributed by atoms with Gasteiger partial charge in [-0.2, -0.15) is 0 Å². The van der Waals surface area contributed by atoms with E-state index in [1.54, 1.807) is 36.4 Å². The second-order valence-electron chi connectivity index (χ2n) is 6.49. The molecule has 0 saturated carbocycles. The summed E-state index contributed by atoms with van der Waals surface area (Å²) in [4.78, 5) is 14.5. The van der Waals surface area contributed by atoms with Gasteiger partial charge in [-0.05, 0) is 55.2 Å². The Hall–Kier alpha value is -2.34. The summed E-state index contributed by atoms with van der Waals surface area (Å²) in [5.74, 6) is 0.471. The lowest BCUT2D eigenvalue weighted by molar-refractivity contribution is 0.0683. The van der Waals surface area contributed by atoms with Gasteiger partial charge in [0.1, 0.15) is 0 Å². The van der Waals surface area contributed by atoms with Gasteiger partial charge in [0.05, 0.1) is 4.90 Å². The van der Waals surface area contributed by atoms with Gasteiger partial charge in [-0.3, -0.25) is 9.52 Å². The quantitative estimate of drug-likeness (QED) is 0.911. The Morgan fingerprint density at radius 1 is 1.08 bits per heavy atom. The number of anilines is 1. The highest BCUT2D eigenvalue weighted by molar-refractivity contribution is 7.92. The molecule has 25 heavy (non-hydrogen) atoms. The molecular weight excluding hydrogens is 336 g/mol. The molecule has 0 aliphatic carbocycles. The lowest BCUT2D eigenvalue weighted by atomic mass is 9.99. The first-order valence-electron chi connectivity index (χ1n) is 8.43. The van der Waals surface area contributed by atoms with Crippen molar-refractivity contribution in [3.8, 4) is 0 Å². The van der Waals surface area contributed by atoms with E-state index in [9.17, 15) is 13.2 Å². The maximum atomic E-state index is 12.6. The molecule has 1 amide bonds. The van der Waals surface area contributed by atoms with Crippen molar-refractivity contribution in [2.24, 2.45) is 5.92 Å². The number of benzene rings is 2. The fourth-order valence-electron chi connectivity index (χ4n) is 3.05. The molecule has 0 bridgehead atoms. The Bertz CT molecular complexity index is 833. The van der Waals surface area contributed by atoms with Gasteiger partial charge >= 0.3 is 0 Å². The van der Waals surface area contributed by atoms with Crippen molar-refractivity contribution >= 4 is 21.6 Å². The third kappa shape index (κ3) is 4.20.